The van der Waals surface area contributed by atoms with Crippen LogP contribution in [-0.2, 0) is 10.3 Å². The van der Waals surface area contributed by atoms with Gasteiger partial charge in [-0.15, -0.1) is 0 Å². The summed E-state index contributed by atoms with van der Waals surface area (Å²) in [7, 11) is 1.56. The van der Waals surface area contributed by atoms with Crippen LogP contribution in [0.1, 0.15) is 54.6 Å². The van der Waals surface area contributed by atoms with Crippen LogP contribution < -0.4 is 10.1 Å². The van der Waals surface area contributed by atoms with Crippen LogP contribution in [0.3, 0.4) is 0 Å². The molecule has 6 nitrogen and oxygen atoms in total. The number of ketones is 1. The fourth-order valence-corrected chi connectivity index (χ4v) is 3.43. The maximum absolute atomic E-state index is 13.0. The van der Waals surface area contributed by atoms with Crippen molar-refractivity contribution in [2.75, 3.05) is 13.7 Å². The Labute approximate surface area is 170 Å². The molecule has 2 atom stereocenters. The Hall–Kier alpha value is -3.15. The normalized spacial score (nSPS) is 19.8. The van der Waals surface area contributed by atoms with Crippen molar-refractivity contribution in [3.63, 3.8) is 0 Å². The summed E-state index contributed by atoms with van der Waals surface area (Å²) in [4.78, 5) is 39.1. The van der Waals surface area contributed by atoms with Crippen LogP contribution in [0.5, 0.6) is 5.75 Å². The zero-order valence-corrected chi connectivity index (χ0v) is 17.2. The number of methoxy groups -OCH3 is 1. The second kappa shape index (κ2) is 8.07. The molecule has 0 aliphatic carbocycles. The molecular weight excluding hydrogens is 368 g/mol. The molecule has 2 unspecified atom stereocenters. The Morgan fingerprint density at radius 1 is 1.10 bits per heavy atom. The third-order valence-electron chi connectivity index (χ3n) is 5.66. The van der Waals surface area contributed by atoms with E-state index in [0.29, 0.717) is 22.8 Å². The molecule has 29 heavy (non-hydrogen) atoms. The molecule has 152 valence electrons. The van der Waals surface area contributed by atoms with E-state index in [0.717, 1.165) is 16.9 Å². The predicted octanol–water partition coefficient (Wildman–Crippen LogP) is 3.86. The Kier molecular flexibility index (Phi) is 5.73. The average Bonchev–Trinajstić information content (AvgIpc) is 2.97. The number of hydrogen-bond donors (Lipinski definition) is 1. The highest BCUT2D eigenvalue weighted by molar-refractivity contribution is 6.11. The summed E-state index contributed by atoms with van der Waals surface area (Å²) < 4.78 is 5.14. The Morgan fingerprint density at radius 3 is 2.28 bits per heavy atom. The highest BCUT2D eigenvalue weighted by Crippen LogP contribution is 2.30. The van der Waals surface area contributed by atoms with Crippen molar-refractivity contribution in [3.05, 3.63) is 65.2 Å². The Morgan fingerprint density at radius 2 is 1.72 bits per heavy atom. The van der Waals surface area contributed by atoms with Crippen LogP contribution in [0.15, 0.2) is 48.5 Å². The lowest BCUT2D eigenvalue weighted by Crippen LogP contribution is -2.41. The van der Waals surface area contributed by atoms with E-state index in [2.05, 4.69) is 19.2 Å². The van der Waals surface area contributed by atoms with Gasteiger partial charge in [0.15, 0.2) is 5.78 Å². The van der Waals surface area contributed by atoms with Crippen LogP contribution >= 0.6 is 0 Å². The van der Waals surface area contributed by atoms with E-state index in [1.54, 1.807) is 50.4 Å². The first-order valence-electron chi connectivity index (χ1n) is 9.72. The predicted molar refractivity (Wildman–Crippen MR) is 110 cm³/mol. The molecule has 0 spiro atoms. The van der Waals surface area contributed by atoms with Gasteiger partial charge in [-0.25, -0.2) is 4.79 Å². The lowest BCUT2D eigenvalue weighted by atomic mass is 9.92. The number of nitrogens with one attached hydrogen (secondary N) is 1. The molecule has 2 aromatic carbocycles. The van der Waals surface area contributed by atoms with Crippen molar-refractivity contribution < 1.29 is 19.1 Å². The molecule has 3 rings (SSSR count). The first-order valence-corrected chi connectivity index (χ1v) is 9.72. The van der Waals surface area contributed by atoms with Crippen LogP contribution in [0.2, 0.25) is 0 Å². The fraction of sp³-hybridized carbons (Fsp3) is 0.348. The van der Waals surface area contributed by atoms with E-state index in [1.165, 1.54) is 0 Å². The van der Waals surface area contributed by atoms with E-state index in [1.807, 2.05) is 12.1 Å². The van der Waals surface area contributed by atoms with Gasteiger partial charge in [0.05, 0.1) is 13.7 Å². The van der Waals surface area contributed by atoms with Gasteiger partial charge in [0.2, 0.25) is 0 Å². The summed E-state index contributed by atoms with van der Waals surface area (Å²) in [6.07, 6.45) is 1.01. The van der Waals surface area contributed by atoms with Crippen LogP contribution in [0.4, 0.5) is 4.79 Å². The minimum absolute atomic E-state index is 0.275. The number of nitrogens with zero attached hydrogens (tertiary/aromatic N) is 1. The van der Waals surface area contributed by atoms with Gasteiger partial charge in [0.25, 0.3) is 5.91 Å². The molecule has 1 aliphatic heterocycles. The van der Waals surface area contributed by atoms with E-state index in [9.17, 15) is 14.4 Å². The summed E-state index contributed by atoms with van der Waals surface area (Å²) in [6.45, 7) is 5.59. The van der Waals surface area contributed by atoms with E-state index >= 15 is 0 Å². The summed E-state index contributed by atoms with van der Waals surface area (Å²) in [5.41, 5.74) is 1.05. The van der Waals surface area contributed by atoms with Crippen molar-refractivity contribution in [3.8, 4) is 5.75 Å². The molecule has 0 aromatic heterocycles. The fourth-order valence-electron chi connectivity index (χ4n) is 3.43. The van der Waals surface area contributed by atoms with Gasteiger partial charge >= 0.3 is 6.03 Å². The first-order chi connectivity index (χ1) is 13.8. The molecule has 1 fully saturated rings. The number of Topliss-reactive ketones (excluding diaryl/α,β-unsaturated/α-hetero) is 1. The monoisotopic (exact) mass is 394 g/mol. The summed E-state index contributed by atoms with van der Waals surface area (Å²) in [5, 5.41) is 2.72. The van der Waals surface area contributed by atoms with E-state index in [4.69, 9.17) is 4.74 Å². The molecule has 3 amide bonds. The van der Waals surface area contributed by atoms with Gasteiger partial charge < -0.3 is 10.1 Å². The summed E-state index contributed by atoms with van der Waals surface area (Å²) in [5.74, 6) is 0.345. The topological polar surface area (TPSA) is 75.7 Å². The molecular formula is C23H26N2O4. The largest absolute Gasteiger partial charge is 0.497 e. The van der Waals surface area contributed by atoms with Gasteiger partial charge in [-0.1, -0.05) is 50.2 Å². The van der Waals surface area contributed by atoms with Crippen molar-refractivity contribution in [1.29, 1.82) is 0 Å². The smallest absolute Gasteiger partial charge is 0.325 e. The Bertz CT molecular complexity index is 921. The molecule has 1 aliphatic rings. The van der Waals surface area contributed by atoms with Gasteiger partial charge in [-0.3, -0.25) is 14.5 Å². The summed E-state index contributed by atoms with van der Waals surface area (Å²) >= 11 is 0. The zero-order chi connectivity index (χ0) is 21.2. The molecule has 6 heteroatoms. The average molecular weight is 394 g/mol. The number of benzene rings is 2. The van der Waals surface area contributed by atoms with E-state index in [-0.39, 0.29) is 12.3 Å². The molecule has 0 radical (unpaired) electrons. The van der Waals surface area contributed by atoms with Crippen molar-refractivity contribution in [2.24, 2.45) is 0 Å². The van der Waals surface area contributed by atoms with Gasteiger partial charge in [0.1, 0.15) is 11.3 Å². The van der Waals surface area contributed by atoms with Gasteiger partial charge in [-0.05, 0) is 42.5 Å². The number of imide groups is 1. The lowest BCUT2D eigenvalue weighted by Gasteiger charge is -2.22. The maximum Gasteiger partial charge on any atom is 0.325 e. The minimum Gasteiger partial charge on any atom is -0.497 e. The zero-order valence-electron chi connectivity index (χ0n) is 17.2. The number of urea groups is 1. The third-order valence-corrected chi connectivity index (χ3v) is 5.66. The standard InChI is InChI=1S/C23H26N2O4/c1-5-15(2)16-6-8-17(9-7-16)20(26)14-25-21(27)23(3,24-22(25)28)18-10-12-19(29-4)13-11-18/h6-13,15H,5,14H2,1-4H3,(H,24,28). The maximum atomic E-state index is 13.0. The Balaban J connectivity index is 1.76. The van der Waals surface area contributed by atoms with Crippen LogP contribution in [0, 0.1) is 0 Å². The lowest BCUT2D eigenvalue weighted by molar-refractivity contribution is -0.130. The van der Waals surface area contributed by atoms with Crippen molar-refractivity contribution in [2.45, 2.75) is 38.6 Å². The van der Waals surface area contributed by atoms with E-state index < -0.39 is 17.5 Å². The van der Waals surface area contributed by atoms with Crippen LogP contribution in [0.25, 0.3) is 0 Å². The van der Waals surface area contributed by atoms with Crippen molar-refractivity contribution >= 4 is 17.7 Å². The molecule has 2 aromatic rings. The molecule has 0 saturated carbocycles. The van der Waals surface area contributed by atoms with Gasteiger partial charge in [0, 0.05) is 5.56 Å². The first kappa shape index (κ1) is 20.6. The molecule has 1 N–H and O–H groups in total. The quantitative estimate of drug-likeness (QED) is 0.572. The second-order valence-corrected chi connectivity index (χ2v) is 7.53. The SMILES string of the molecule is CCC(C)c1ccc(C(=O)CN2C(=O)NC(C)(c3ccc(OC)cc3)C2=O)cc1. The number of hydrogen-bond acceptors (Lipinski definition) is 4. The minimum atomic E-state index is -1.22. The van der Waals surface area contributed by atoms with Gasteiger partial charge in [-0.2, -0.15) is 0 Å². The summed E-state index contributed by atoms with van der Waals surface area (Å²) in [6, 6.07) is 13.7. The molecule has 1 heterocycles. The number of carbonyl (C=O) groups is 3. The second-order valence-electron chi connectivity index (χ2n) is 7.53. The molecule has 1 saturated heterocycles. The third kappa shape index (κ3) is 3.88. The number of amides is 3. The highest BCUT2D eigenvalue weighted by atomic mass is 16.5. The number of ether oxygens (including phenoxy) is 1. The molecule has 0 bridgehead atoms. The highest BCUT2D eigenvalue weighted by Gasteiger charge is 2.49. The van der Waals surface area contributed by atoms with Crippen molar-refractivity contribution in [1.82, 2.24) is 10.2 Å². The number of carbonyl (C=O) groups excluding carboxylic acids is 3. The number of rotatable bonds is 7. The van der Waals surface area contributed by atoms with Crippen LogP contribution in [-0.4, -0.2) is 36.3 Å².